The molecule has 2 amide bonds. The first-order valence-electron chi connectivity index (χ1n) is 9.17. The molecular formula is C21H22N4O2. The lowest BCUT2D eigenvalue weighted by atomic mass is 10.1. The lowest BCUT2D eigenvalue weighted by molar-refractivity contribution is -0.130. The van der Waals surface area contributed by atoms with Gasteiger partial charge in [-0.1, -0.05) is 30.3 Å². The summed E-state index contributed by atoms with van der Waals surface area (Å²) in [6.07, 6.45) is 3.95. The summed E-state index contributed by atoms with van der Waals surface area (Å²) >= 11 is 0. The van der Waals surface area contributed by atoms with Gasteiger partial charge in [-0.15, -0.1) is 0 Å². The van der Waals surface area contributed by atoms with Crippen molar-refractivity contribution >= 4 is 17.5 Å². The summed E-state index contributed by atoms with van der Waals surface area (Å²) in [5, 5.41) is 0. The van der Waals surface area contributed by atoms with Crippen molar-refractivity contribution in [3.63, 3.8) is 0 Å². The van der Waals surface area contributed by atoms with Crippen molar-refractivity contribution in [1.82, 2.24) is 19.2 Å². The standard InChI is InChI=1S/C21H22N4O2/c1-16-6-2-3-7-17(16)14-25-13-12-23(11-9-20(25)26)21(27)18-15-24-10-5-4-8-19(24)22-18/h2-8,10,15H,9,11-14H2,1H3. The van der Waals surface area contributed by atoms with E-state index in [4.69, 9.17) is 0 Å². The Hall–Kier alpha value is -3.15. The van der Waals surface area contributed by atoms with E-state index in [-0.39, 0.29) is 11.8 Å². The Morgan fingerprint density at radius 2 is 1.89 bits per heavy atom. The molecular weight excluding hydrogens is 340 g/mol. The molecule has 2 aromatic heterocycles. The monoisotopic (exact) mass is 362 g/mol. The molecule has 0 N–H and O–H groups in total. The Bertz CT molecular complexity index is 962. The lowest BCUT2D eigenvalue weighted by Gasteiger charge is -2.22. The van der Waals surface area contributed by atoms with Gasteiger partial charge < -0.3 is 14.2 Å². The van der Waals surface area contributed by atoms with Gasteiger partial charge >= 0.3 is 0 Å². The molecule has 0 atom stereocenters. The van der Waals surface area contributed by atoms with E-state index < -0.39 is 0 Å². The first kappa shape index (κ1) is 17.3. The van der Waals surface area contributed by atoms with Gasteiger partial charge in [0.05, 0.1) is 0 Å². The molecule has 0 saturated carbocycles. The molecule has 1 saturated heterocycles. The van der Waals surface area contributed by atoms with E-state index in [1.54, 1.807) is 11.1 Å². The van der Waals surface area contributed by atoms with Crippen molar-refractivity contribution in [1.29, 1.82) is 0 Å². The van der Waals surface area contributed by atoms with Crippen LogP contribution in [-0.2, 0) is 11.3 Å². The smallest absolute Gasteiger partial charge is 0.274 e. The quantitative estimate of drug-likeness (QED) is 0.719. The number of benzene rings is 1. The van der Waals surface area contributed by atoms with E-state index in [1.165, 1.54) is 5.56 Å². The number of fused-ring (bicyclic) bond motifs is 1. The van der Waals surface area contributed by atoms with E-state index in [1.807, 2.05) is 51.9 Å². The number of imidazole rings is 1. The van der Waals surface area contributed by atoms with Gasteiger partial charge in [-0.25, -0.2) is 4.98 Å². The summed E-state index contributed by atoms with van der Waals surface area (Å²) < 4.78 is 1.83. The Kier molecular flexibility index (Phi) is 4.62. The second kappa shape index (κ2) is 7.23. The molecule has 1 fully saturated rings. The molecule has 6 nitrogen and oxygen atoms in total. The minimum atomic E-state index is -0.121. The topological polar surface area (TPSA) is 57.9 Å². The van der Waals surface area contributed by atoms with Gasteiger partial charge in [0, 0.05) is 45.0 Å². The summed E-state index contributed by atoms with van der Waals surface area (Å²) in [6, 6.07) is 13.8. The van der Waals surface area contributed by atoms with Crippen LogP contribution in [-0.4, -0.2) is 50.6 Å². The summed E-state index contributed by atoms with van der Waals surface area (Å²) in [7, 11) is 0. The highest BCUT2D eigenvalue weighted by Gasteiger charge is 2.26. The van der Waals surface area contributed by atoms with E-state index >= 15 is 0 Å². The highest BCUT2D eigenvalue weighted by Crippen LogP contribution is 2.15. The van der Waals surface area contributed by atoms with Crippen molar-refractivity contribution in [2.75, 3.05) is 19.6 Å². The number of carbonyl (C=O) groups excluding carboxylic acids is 2. The summed E-state index contributed by atoms with van der Waals surface area (Å²) in [5.74, 6) is -0.0344. The number of aryl methyl sites for hydroxylation is 1. The maximum Gasteiger partial charge on any atom is 0.274 e. The van der Waals surface area contributed by atoms with Gasteiger partial charge in [-0.05, 0) is 30.2 Å². The number of hydrogen-bond acceptors (Lipinski definition) is 3. The van der Waals surface area contributed by atoms with Crippen molar-refractivity contribution in [3.8, 4) is 0 Å². The zero-order chi connectivity index (χ0) is 18.8. The van der Waals surface area contributed by atoms with Crippen molar-refractivity contribution in [2.45, 2.75) is 19.9 Å². The van der Waals surface area contributed by atoms with Crippen LogP contribution in [0.4, 0.5) is 0 Å². The van der Waals surface area contributed by atoms with Gasteiger partial charge in [0.25, 0.3) is 5.91 Å². The number of carbonyl (C=O) groups is 2. The fraction of sp³-hybridized carbons (Fsp3) is 0.286. The fourth-order valence-electron chi connectivity index (χ4n) is 3.43. The van der Waals surface area contributed by atoms with Gasteiger partial charge in [-0.3, -0.25) is 9.59 Å². The molecule has 1 aliphatic rings. The lowest BCUT2D eigenvalue weighted by Crippen LogP contribution is -2.35. The van der Waals surface area contributed by atoms with Crippen LogP contribution in [0.25, 0.3) is 5.65 Å². The molecule has 0 spiro atoms. The van der Waals surface area contributed by atoms with Gasteiger partial charge in [0.15, 0.2) is 0 Å². The van der Waals surface area contributed by atoms with Gasteiger partial charge in [-0.2, -0.15) is 0 Å². The van der Waals surface area contributed by atoms with Crippen molar-refractivity contribution in [2.24, 2.45) is 0 Å². The molecule has 0 aliphatic carbocycles. The SMILES string of the molecule is Cc1ccccc1CN1CCN(C(=O)c2cn3ccccc3n2)CCC1=O. The number of rotatable bonds is 3. The molecule has 0 unspecified atom stereocenters. The van der Waals surface area contributed by atoms with E-state index in [2.05, 4.69) is 18.0 Å². The molecule has 6 heteroatoms. The Labute approximate surface area is 158 Å². The molecule has 3 aromatic rings. The summed E-state index contributed by atoms with van der Waals surface area (Å²) in [5.41, 5.74) is 3.48. The predicted molar refractivity (Wildman–Crippen MR) is 102 cm³/mol. The zero-order valence-electron chi connectivity index (χ0n) is 15.3. The summed E-state index contributed by atoms with van der Waals surface area (Å²) in [4.78, 5) is 33.4. The molecule has 0 radical (unpaired) electrons. The Balaban J connectivity index is 1.48. The van der Waals surface area contributed by atoms with Crippen LogP contribution in [0.15, 0.2) is 54.9 Å². The average Bonchev–Trinajstić information content (AvgIpc) is 3.03. The molecule has 3 heterocycles. The molecule has 1 aliphatic heterocycles. The second-order valence-corrected chi connectivity index (χ2v) is 6.88. The number of hydrogen-bond donors (Lipinski definition) is 0. The molecule has 27 heavy (non-hydrogen) atoms. The Morgan fingerprint density at radius 3 is 2.70 bits per heavy atom. The van der Waals surface area contributed by atoms with Gasteiger partial charge in [0.1, 0.15) is 11.3 Å². The number of pyridine rings is 1. The molecule has 1 aromatic carbocycles. The Morgan fingerprint density at radius 1 is 1.07 bits per heavy atom. The maximum atomic E-state index is 12.9. The van der Waals surface area contributed by atoms with E-state index in [0.717, 1.165) is 11.2 Å². The number of amides is 2. The van der Waals surface area contributed by atoms with E-state index in [0.29, 0.717) is 38.3 Å². The minimum Gasteiger partial charge on any atom is -0.337 e. The molecule has 4 rings (SSSR count). The van der Waals surface area contributed by atoms with Crippen molar-refractivity contribution < 1.29 is 9.59 Å². The third kappa shape index (κ3) is 3.56. The number of nitrogens with zero attached hydrogens (tertiary/aromatic N) is 4. The van der Waals surface area contributed by atoms with Crippen LogP contribution in [0.1, 0.15) is 28.0 Å². The largest absolute Gasteiger partial charge is 0.337 e. The maximum absolute atomic E-state index is 12.9. The third-order valence-electron chi connectivity index (χ3n) is 5.08. The predicted octanol–water partition coefficient (Wildman–Crippen LogP) is 2.52. The van der Waals surface area contributed by atoms with Crippen molar-refractivity contribution in [3.05, 3.63) is 71.7 Å². The molecule has 138 valence electrons. The van der Waals surface area contributed by atoms with Crippen LogP contribution >= 0.6 is 0 Å². The normalized spacial score (nSPS) is 15.2. The fourth-order valence-corrected chi connectivity index (χ4v) is 3.43. The first-order valence-corrected chi connectivity index (χ1v) is 9.17. The van der Waals surface area contributed by atoms with Gasteiger partial charge in [0.2, 0.25) is 5.91 Å². The summed E-state index contributed by atoms with van der Waals surface area (Å²) in [6.45, 7) is 4.12. The number of aromatic nitrogens is 2. The highest BCUT2D eigenvalue weighted by atomic mass is 16.2. The average molecular weight is 362 g/mol. The van der Waals surface area contributed by atoms with Crippen LogP contribution in [0, 0.1) is 6.92 Å². The van der Waals surface area contributed by atoms with E-state index in [9.17, 15) is 9.59 Å². The molecule has 0 bridgehead atoms. The first-order chi connectivity index (χ1) is 13.1. The van der Waals surface area contributed by atoms with Crippen LogP contribution in [0.3, 0.4) is 0 Å². The minimum absolute atomic E-state index is 0.0866. The zero-order valence-corrected chi connectivity index (χ0v) is 15.3. The van der Waals surface area contributed by atoms with Crippen LogP contribution in [0.5, 0.6) is 0 Å². The van der Waals surface area contributed by atoms with Crippen LogP contribution < -0.4 is 0 Å². The highest BCUT2D eigenvalue weighted by molar-refractivity contribution is 5.93. The third-order valence-corrected chi connectivity index (χ3v) is 5.08. The second-order valence-electron chi connectivity index (χ2n) is 6.88. The van der Waals surface area contributed by atoms with Crippen LogP contribution in [0.2, 0.25) is 0 Å².